The molecule has 0 radical (unpaired) electrons. The lowest BCUT2D eigenvalue weighted by Crippen LogP contribution is -2.44. The largest absolute Gasteiger partial charge is 0.486 e. The average Bonchev–Trinajstić information content (AvgIpc) is 3.16. The van der Waals surface area contributed by atoms with Crippen LogP contribution in [0.1, 0.15) is 25.6 Å². The molecule has 1 saturated heterocycles. The van der Waals surface area contributed by atoms with Gasteiger partial charge in [-0.2, -0.15) is 0 Å². The number of carbonyl (C=O) groups is 2. The smallest absolute Gasteiger partial charge is 0.310 e. The van der Waals surface area contributed by atoms with E-state index in [1.807, 2.05) is 59.2 Å². The normalized spacial score (nSPS) is 16.3. The Morgan fingerprint density at radius 1 is 1.10 bits per heavy atom. The van der Waals surface area contributed by atoms with Crippen molar-refractivity contribution in [2.24, 2.45) is 5.92 Å². The summed E-state index contributed by atoms with van der Waals surface area (Å²) in [6, 6.07) is 17.3. The Morgan fingerprint density at radius 2 is 1.87 bits per heavy atom. The number of esters is 1. The fraction of sp³-hybridized carbons (Fsp3) is 0.375. The van der Waals surface area contributed by atoms with Crippen molar-refractivity contribution in [1.82, 2.24) is 14.5 Å². The maximum atomic E-state index is 13.1. The number of hydrogen-bond acceptors (Lipinski definition) is 5. The van der Waals surface area contributed by atoms with Crippen LogP contribution in [0.2, 0.25) is 0 Å². The van der Waals surface area contributed by atoms with E-state index in [0.29, 0.717) is 25.5 Å². The molecule has 162 valence electrons. The molecule has 0 saturated carbocycles. The number of aromatic nitrogens is 2. The number of hydrogen-bond donors (Lipinski definition) is 0. The molecule has 2 aromatic carbocycles. The van der Waals surface area contributed by atoms with Crippen LogP contribution in [0, 0.1) is 5.92 Å². The Hall–Kier alpha value is -3.35. The fourth-order valence-electron chi connectivity index (χ4n) is 3.97. The predicted molar refractivity (Wildman–Crippen MR) is 116 cm³/mol. The molecule has 0 spiro atoms. The Kier molecular flexibility index (Phi) is 6.50. The summed E-state index contributed by atoms with van der Waals surface area (Å²) in [6.07, 6.45) is 1.55. The molecule has 7 heteroatoms. The number of nitrogens with zero attached hydrogens (tertiary/aromatic N) is 3. The molecule has 31 heavy (non-hydrogen) atoms. The first-order valence-electron chi connectivity index (χ1n) is 10.7. The molecule has 2 heterocycles. The van der Waals surface area contributed by atoms with E-state index in [4.69, 9.17) is 9.47 Å². The van der Waals surface area contributed by atoms with Gasteiger partial charge in [-0.1, -0.05) is 30.3 Å². The van der Waals surface area contributed by atoms with Crippen molar-refractivity contribution >= 4 is 22.9 Å². The van der Waals surface area contributed by atoms with Crippen molar-refractivity contribution in [3.8, 4) is 5.75 Å². The SMILES string of the molecule is CCOC(=O)C1CCCN(C(=O)Cn2c(COc3ccccc3)nc3ccccc32)C1. The zero-order valence-electron chi connectivity index (χ0n) is 17.7. The van der Waals surface area contributed by atoms with Crippen molar-refractivity contribution < 1.29 is 19.1 Å². The summed E-state index contributed by atoms with van der Waals surface area (Å²) in [6.45, 7) is 3.63. The summed E-state index contributed by atoms with van der Waals surface area (Å²) >= 11 is 0. The van der Waals surface area contributed by atoms with Gasteiger partial charge in [0.1, 0.15) is 24.7 Å². The van der Waals surface area contributed by atoms with Gasteiger partial charge in [0.15, 0.2) is 0 Å². The van der Waals surface area contributed by atoms with Crippen LogP contribution in [0.15, 0.2) is 54.6 Å². The van der Waals surface area contributed by atoms with Crippen LogP contribution in [0.25, 0.3) is 11.0 Å². The monoisotopic (exact) mass is 421 g/mol. The molecule has 4 rings (SSSR count). The van der Waals surface area contributed by atoms with E-state index in [9.17, 15) is 9.59 Å². The lowest BCUT2D eigenvalue weighted by Gasteiger charge is -2.31. The van der Waals surface area contributed by atoms with Crippen molar-refractivity contribution in [2.75, 3.05) is 19.7 Å². The lowest BCUT2D eigenvalue weighted by molar-refractivity contribution is -0.151. The van der Waals surface area contributed by atoms with Crippen LogP contribution in [0.5, 0.6) is 5.75 Å². The van der Waals surface area contributed by atoms with Gasteiger partial charge in [0, 0.05) is 13.1 Å². The number of piperidine rings is 1. The highest BCUT2D eigenvalue weighted by molar-refractivity contribution is 5.82. The van der Waals surface area contributed by atoms with Crippen LogP contribution in [-0.2, 0) is 27.5 Å². The van der Waals surface area contributed by atoms with E-state index in [-0.39, 0.29) is 30.9 Å². The molecule has 1 unspecified atom stereocenters. The Bertz CT molecular complexity index is 1050. The summed E-state index contributed by atoms with van der Waals surface area (Å²) in [7, 11) is 0. The summed E-state index contributed by atoms with van der Waals surface area (Å²) < 4.78 is 13.0. The summed E-state index contributed by atoms with van der Waals surface area (Å²) in [4.78, 5) is 31.7. The van der Waals surface area contributed by atoms with Gasteiger partial charge in [-0.25, -0.2) is 4.98 Å². The minimum Gasteiger partial charge on any atom is -0.486 e. The predicted octanol–water partition coefficient (Wildman–Crippen LogP) is 3.42. The summed E-state index contributed by atoms with van der Waals surface area (Å²) in [5.74, 6) is 0.944. The number of carbonyl (C=O) groups excluding carboxylic acids is 2. The molecule has 1 aliphatic heterocycles. The van der Waals surface area contributed by atoms with Gasteiger partial charge >= 0.3 is 5.97 Å². The minimum absolute atomic E-state index is 0.0295. The van der Waals surface area contributed by atoms with Gasteiger partial charge in [0.25, 0.3) is 0 Å². The average molecular weight is 421 g/mol. The van der Waals surface area contributed by atoms with Crippen LogP contribution >= 0.6 is 0 Å². The zero-order chi connectivity index (χ0) is 21.6. The first kappa shape index (κ1) is 20.9. The minimum atomic E-state index is -0.252. The third-order valence-electron chi connectivity index (χ3n) is 5.53. The standard InChI is InChI=1S/C24H27N3O4/c1-2-30-24(29)18-9-8-14-26(15-18)23(28)16-27-21-13-7-6-12-20(21)25-22(27)17-31-19-10-4-3-5-11-19/h3-7,10-13,18H,2,8-9,14-17H2,1H3. The number of imidazole rings is 1. The molecule has 0 aliphatic carbocycles. The van der Waals surface area contributed by atoms with Gasteiger partial charge in [0.2, 0.25) is 5.91 Å². The summed E-state index contributed by atoms with van der Waals surface area (Å²) in [5.41, 5.74) is 1.71. The zero-order valence-corrected chi connectivity index (χ0v) is 17.7. The maximum Gasteiger partial charge on any atom is 0.310 e. The highest BCUT2D eigenvalue weighted by atomic mass is 16.5. The second-order valence-electron chi connectivity index (χ2n) is 7.64. The fourth-order valence-corrected chi connectivity index (χ4v) is 3.97. The van der Waals surface area contributed by atoms with E-state index in [1.165, 1.54) is 0 Å². The lowest BCUT2D eigenvalue weighted by atomic mass is 9.98. The molecule has 0 N–H and O–H groups in total. The molecule has 3 aromatic rings. The summed E-state index contributed by atoms with van der Waals surface area (Å²) in [5, 5.41) is 0. The number of benzene rings is 2. The third-order valence-corrected chi connectivity index (χ3v) is 5.53. The van der Waals surface area contributed by atoms with Gasteiger partial charge < -0.3 is 18.9 Å². The molecule has 1 aromatic heterocycles. The number of likely N-dealkylation sites (tertiary alicyclic amines) is 1. The molecule has 1 amide bonds. The van der Waals surface area contributed by atoms with Crippen LogP contribution in [0.4, 0.5) is 0 Å². The number of fused-ring (bicyclic) bond motifs is 1. The van der Waals surface area contributed by atoms with Gasteiger partial charge in [-0.3, -0.25) is 9.59 Å². The van der Waals surface area contributed by atoms with Crippen molar-refractivity contribution in [3.63, 3.8) is 0 Å². The molecule has 1 fully saturated rings. The topological polar surface area (TPSA) is 73.7 Å². The van der Waals surface area contributed by atoms with Crippen molar-refractivity contribution in [2.45, 2.75) is 32.9 Å². The maximum absolute atomic E-state index is 13.1. The van der Waals surface area contributed by atoms with Gasteiger partial charge in [0.05, 0.1) is 23.6 Å². The molecule has 1 aliphatic rings. The number of ether oxygens (including phenoxy) is 2. The van der Waals surface area contributed by atoms with E-state index < -0.39 is 0 Å². The first-order chi connectivity index (χ1) is 15.2. The second kappa shape index (κ2) is 9.64. The van der Waals surface area contributed by atoms with Crippen LogP contribution < -0.4 is 4.74 Å². The second-order valence-corrected chi connectivity index (χ2v) is 7.64. The number of para-hydroxylation sites is 3. The Balaban J connectivity index is 1.51. The van der Waals surface area contributed by atoms with E-state index in [1.54, 1.807) is 11.8 Å². The number of rotatable bonds is 7. The molecule has 0 bridgehead atoms. The van der Waals surface area contributed by atoms with Gasteiger partial charge in [-0.15, -0.1) is 0 Å². The van der Waals surface area contributed by atoms with Crippen LogP contribution in [0.3, 0.4) is 0 Å². The first-order valence-corrected chi connectivity index (χ1v) is 10.7. The quantitative estimate of drug-likeness (QED) is 0.547. The van der Waals surface area contributed by atoms with E-state index in [0.717, 1.165) is 29.6 Å². The Labute approximate surface area is 181 Å². The highest BCUT2D eigenvalue weighted by Crippen LogP contribution is 2.21. The third kappa shape index (κ3) is 4.87. The van der Waals surface area contributed by atoms with Gasteiger partial charge in [-0.05, 0) is 44.0 Å². The molecule has 1 atom stereocenters. The van der Waals surface area contributed by atoms with E-state index in [2.05, 4.69) is 4.98 Å². The van der Waals surface area contributed by atoms with E-state index >= 15 is 0 Å². The molecule has 7 nitrogen and oxygen atoms in total. The van der Waals surface area contributed by atoms with Crippen molar-refractivity contribution in [3.05, 3.63) is 60.4 Å². The molecular weight excluding hydrogens is 394 g/mol. The highest BCUT2D eigenvalue weighted by Gasteiger charge is 2.29. The molecular formula is C24H27N3O4. The number of amides is 1. The van der Waals surface area contributed by atoms with Crippen LogP contribution in [-0.4, -0.2) is 46.0 Å². The Morgan fingerprint density at radius 3 is 2.68 bits per heavy atom. The van der Waals surface area contributed by atoms with Crippen molar-refractivity contribution in [1.29, 1.82) is 0 Å².